The molecule has 6 heteroatoms. The summed E-state index contributed by atoms with van der Waals surface area (Å²) in [5.74, 6) is -0.583. The lowest BCUT2D eigenvalue weighted by Gasteiger charge is -2.10. The summed E-state index contributed by atoms with van der Waals surface area (Å²) in [6.07, 6.45) is 0. The van der Waals surface area contributed by atoms with Crippen LogP contribution in [0.3, 0.4) is 0 Å². The van der Waals surface area contributed by atoms with E-state index in [2.05, 4.69) is 16.0 Å². The van der Waals surface area contributed by atoms with Crippen molar-refractivity contribution in [3.63, 3.8) is 0 Å². The van der Waals surface area contributed by atoms with Gasteiger partial charge in [0.25, 0.3) is 0 Å². The molecule has 114 valence electrons. The summed E-state index contributed by atoms with van der Waals surface area (Å²) in [6.45, 7) is 3.19. The smallest absolute Gasteiger partial charge is 0.323 e. The number of anilines is 3. The minimum Gasteiger partial charge on any atom is -0.326 e. The Morgan fingerprint density at radius 3 is 2.09 bits per heavy atom. The number of rotatable bonds is 3. The van der Waals surface area contributed by atoms with E-state index in [1.165, 1.54) is 19.1 Å². The molecule has 0 unspecified atom stereocenters. The highest BCUT2D eigenvalue weighted by atomic mass is 19.1. The van der Waals surface area contributed by atoms with Crippen LogP contribution in [0.1, 0.15) is 12.5 Å². The van der Waals surface area contributed by atoms with Crippen molar-refractivity contribution in [3.05, 3.63) is 53.8 Å². The van der Waals surface area contributed by atoms with Crippen molar-refractivity contribution in [1.29, 1.82) is 0 Å². The highest BCUT2D eigenvalue weighted by molar-refractivity contribution is 6.00. The number of amides is 3. The molecule has 0 saturated carbocycles. The van der Waals surface area contributed by atoms with E-state index in [4.69, 9.17) is 0 Å². The van der Waals surface area contributed by atoms with Crippen LogP contribution in [0, 0.1) is 12.7 Å². The van der Waals surface area contributed by atoms with Crippen molar-refractivity contribution in [2.75, 3.05) is 16.0 Å². The zero-order valence-corrected chi connectivity index (χ0v) is 12.2. The van der Waals surface area contributed by atoms with Gasteiger partial charge in [-0.05, 0) is 48.9 Å². The van der Waals surface area contributed by atoms with Gasteiger partial charge in [0, 0.05) is 24.0 Å². The van der Waals surface area contributed by atoms with Crippen LogP contribution in [0.2, 0.25) is 0 Å². The SMILES string of the molecule is CC(=O)Nc1ccc(NC(=O)Nc2cc(F)ccc2C)cc1. The summed E-state index contributed by atoms with van der Waals surface area (Å²) in [7, 11) is 0. The van der Waals surface area contributed by atoms with Crippen molar-refractivity contribution >= 4 is 29.0 Å². The highest BCUT2D eigenvalue weighted by Crippen LogP contribution is 2.17. The Kier molecular flexibility index (Phi) is 4.73. The van der Waals surface area contributed by atoms with E-state index in [0.717, 1.165) is 5.56 Å². The molecule has 0 atom stereocenters. The summed E-state index contributed by atoms with van der Waals surface area (Å²) in [4.78, 5) is 22.8. The van der Waals surface area contributed by atoms with Crippen molar-refractivity contribution in [3.8, 4) is 0 Å². The van der Waals surface area contributed by atoms with Crippen LogP contribution < -0.4 is 16.0 Å². The first-order valence-corrected chi connectivity index (χ1v) is 6.66. The van der Waals surface area contributed by atoms with E-state index in [9.17, 15) is 14.0 Å². The van der Waals surface area contributed by atoms with Crippen molar-refractivity contribution in [2.24, 2.45) is 0 Å². The van der Waals surface area contributed by atoms with Crippen LogP contribution in [0.25, 0.3) is 0 Å². The second-order valence-corrected chi connectivity index (χ2v) is 4.80. The molecule has 0 saturated heterocycles. The third-order valence-electron chi connectivity index (χ3n) is 2.91. The number of nitrogens with one attached hydrogen (secondary N) is 3. The van der Waals surface area contributed by atoms with Gasteiger partial charge in [-0.3, -0.25) is 4.79 Å². The van der Waals surface area contributed by atoms with E-state index in [1.807, 2.05) is 0 Å². The van der Waals surface area contributed by atoms with Crippen molar-refractivity contribution < 1.29 is 14.0 Å². The van der Waals surface area contributed by atoms with E-state index in [1.54, 1.807) is 37.3 Å². The van der Waals surface area contributed by atoms with Gasteiger partial charge in [-0.25, -0.2) is 9.18 Å². The van der Waals surface area contributed by atoms with Gasteiger partial charge in [0.2, 0.25) is 5.91 Å². The monoisotopic (exact) mass is 301 g/mol. The summed E-state index contributed by atoms with van der Waals surface area (Å²) < 4.78 is 13.2. The third kappa shape index (κ3) is 4.31. The Bertz CT molecular complexity index is 699. The lowest BCUT2D eigenvalue weighted by molar-refractivity contribution is -0.114. The first kappa shape index (κ1) is 15.5. The quantitative estimate of drug-likeness (QED) is 0.808. The second-order valence-electron chi connectivity index (χ2n) is 4.80. The van der Waals surface area contributed by atoms with Gasteiger partial charge in [-0.15, -0.1) is 0 Å². The molecule has 2 rings (SSSR count). The Morgan fingerprint density at radius 1 is 0.909 bits per heavy atom. The molecule has 0 aliphatic rings. The van der Waals surface area contributed by atoms with E-state index >= 15 is 0 Å². The predicted octanol–water partition coefficient (Wildman–Crippen LogP) is 3.74. The minimum atomic E-state index is -0.471. The topological polar surface area (TPSA) is 70.2 Å². The molecule has 0 heterocycles. The molecule has 22 heavy (non-hydrogen) atoms. The van der Waals surface area contributed by atoms with Gasteiger partial charge < -0.3 is 16.0 Å². The van der Waals surface area contributed by atoms with E-state index in [0.29, 0.717) is 17.1 Å². The number of hydrogen-bond donors (Lipinski definition) is 3. The molecule has 0 aliphatic heterocycles. The van der Waals surface area contributed by atoms with Crippen molar-refractivity contribution in [2.45, 2.75) is 13.8 Å². The van der Waals surface area contributed by atoms with Gasteiger partial charge in [0.15, 0.2) is 0 Å². The summed E-state index contributed by atoms with van der Waals surface area (Å²) in [6, 6.07) is 10.4. The minimum absolute atomic E-state index is 0.167. The summed E-state index contributed by atoms with van der Waals surface area (Å²) in [5, 5.41) is 7.85. The van der Waals surface area contributed by atoms with Gasteiger partial charge in [-0.2, -0.15) is 0 Å². The predicted molar refractivity (Wildman–Crippen MR) is 84.5 cm³/mol. The lowest BCUT2D eigenvalue weighted by Crippen LogP contribution is -2.20. The molecule has 2 aromatic carbocycles. The maximum absolute atomic E-state index is 13.2. The largest absolute Gasteiger partial charge is 0.326 e. The summed E-state index contributed by atoms with van der Waals surface area (Å²) in [5.41, 5.74) is 2.37. The maximum Gasteiger partial charge on any atom is 0.323 e. The Labute approximate surface area is 127 Å². The number of halogens is 1. The fourth-order valence-corrected chi connectivity index (χ4v) is 1.85. The average Bonchev–Trinajstić information content (AvgIpc) is 2.44. The number of aryl methyl sites for hydroxylation is 1. The Morgan fingerprint density at radius 2 is 1.50 bits per heavy atom. The molecule has 0 aromatic heterocycles. The number of hydrogen-bond acceptors (Lipinski definition) is 2. The fraction of sp³-hybridized carbons (Fsp3) is 0.125. The molecule has 2 aromatic rings. The van der Waals surface area contributed by atoms with Crippen LogP contribution in [0.5, 0.6) is 0 Å². The molecule has 0 radical (unpaired) electrons. The molecule has 3 N–H and O–H groups in total. The van der Waals surface area contributed by atoms with Crippen molar-refractivity contribution in [1.82, 2.24) is 0 Å². The Balaban J connectivity index is 1.99. The zero-order valence-electron chi connectivity index (χ0n) is 12.2. The molecule has 0 bridgehead atoms. The molecule has 0 aliphatic carbocycles. The lowest BCUT2D eigenvalue weighted by atomic mass is 10.2. The molecular formula is C16H16FN3O2. The second kappa shape index (κ2) is 6.71. The average molecular weight is 301 g/mol. The van der Waals surface area contributed by atoms with Crippen LogP contribution >= 0.6 is 0 Å². The molecule has 0 spiro atoms. The number of carbonyl (C=O) groups excluding carboxylic acids is 2. The van der Waals surface area contributed by atoms with Crippen LogP contribution in [-0.4, -0.2) is 11.9 Å². The molecule has 5 nitrogen and oxygen atoms in total. The van der Waals surface area contributed by atoms with E-state index < -0.39 is 11.8 Å². The van der Waals surface area contributed by atoms with Gasteiger partial charge in [-0.1, -0.05) is 6.07 Å². The van der Waals surface area contributed by atoms with Gasteiger partial charge >= 0.3 is 6.03 Å². The van der Waals surface area contributed by atoms with Gasteiger partial charge in [0.05, 0.1) is 0 Å². The van der Waals surface area contributed by atoms with E-state index in [-0.39, 0.29) is 5.91 Å². The maximum atomic E-state index is 13.2. The van der Waals surface area contributed by atoms with Crippen LogP contribution in [0.15, 0.2) is 42.5 Å². The molecule has 0 fully saturated rings. The van der Waals surface area contributed by atoms with Crippen LogP contribution in [0.4, 0.5) is 26.2 Å². The third-order valence-corrected chi connectivity index (χ3v) is 2.91. The standard InChI is InChI=1S/C16H16FN3O2/c1-10-3-4-12(17)9-15(10)20-16(22)19-14-7-5-13(6-8-14)18-11(2)21/h3-9H,1-2H3,(H,18,21)(H2,19,20,22). The molecule has 3 amide bonds. The normalized spacial score (nSPS) is 9.95. The molecular weight excluding hydrogens is 285 g/mol. The zero-order chi connectivity index (χ0) is 16.1. The fourth-order valence-electron chi connectivity index (χ4n) is 1.85. The first-order valence-electron chi connectivity index (χ1n) is 6.66. The Hall–Kier alpha value is -2.89. The highest BCUT2D eigenvalue weighted by Gasteiger charge is 2.06. The first-order chi connectivity index (χ1) is 10.4. The van der Waals surface area contributed by atoms with Gasteiger partial charge in [0.1, 0.15) is 5.82 Å². The summed E-state index contributed by atoms with van der Waals surface area (Å²) >= 11 is 0. The van der Waals surface area contributed by atoms with Crippen LogP contribution in [-0.2, 0) is 4.79 Å². The number of benzene rings is 2. The number of urea groups is 1. The number of carbonyl (C=O) groups is 2.